The number of halogens is 2. The molecule has 1 amide bonds. The van der Waals surface area contributed by atoms with Crippen LogP contribution in [0.3, 0.4) is 0 Å². The number of likely N-dealkylation sites (N-methyl/N-ethyl adjacent to an activating group) is 1. The van der Waals surface area contributed by atoms with Crippen molar-refractivity contribution in [3.63, 3.8) is 0 Å². The highest BCUT2D eigenvalue weighted by atomic mass is 79.9. The second-order valence-corrected chi connectivity index (χ2v) is 11.4. The molecule has 1 aliphatic heterocycles. The van der Waals surface area contributed by atoms with Gasteiger partial charge in [-0.3, -0.25) is 9.79 Å². The van der Waals surface area contributed by atoms with Crippen molar-refractivity contribution in [3.8, 4) is 11.5 Å². The van der Waals surface area contributed by atoms with Crippen molar-refractivity contribution < 1.29 is 14.3 Å². The summed E-state index contributed by atoms with van der Waals surface area (Å²) >= 11 is 7.11. The second kappa shape index (κ2) is 12.4. The summed E-state index contributed by atoms with van der Waals surface area (Å²) in [5, 5.41) is 0. The van der Waals surface area contributed by atoms with Crippen LogP contribution in [0.25, 0.3) is 0 Å². The molecule has 5 rings (SSSR count). The van der Waals surface area contributed by atoms with E-state index in [4.69, 9.17) is 14.5 Å². The topological polar surface area (TPSA) is 51.1 Å². The van der Waals surface area contributed by atoms with Gasteiger partial charge in [0.25, 0.3) is 5.91 Å². The molecule has 2 atom stereocenters. The number of benzodiazepines with no additional fused rings is 1. The SMILES string of the molecule is CCN1C(=O)C(C(Cc2ccc(Br)cc2)c2ccc(Br)cc2)N=C(c2ccccc2)c2cc(OC)c(OC)cc21. The molecule has 0 saturated heterocycles. The normalized spacial score (nSPS) is 15.6. The zero-order valence-electron chi connectivity index (χ0n) is 22.6. The molecule has 4 aromatic rings. The molecule has 0 bridgehead atoms. The monoisotopic (exact) mass is 660 g/mol. The molecule has 204 valence electrons. The maximum atomic E-state index is 14.5. The van der Waals surface area contributed by atoms with E-state index in [2.05, 4.69) is 56.1 Å². The Balaban J connectivity index is 1.74. The third-order valence-corrected chi connectivity index (χ3v) is 8.30. The Bertz CT molecular complexity index is 1520. The molecule has 1 aliphatic rings. The predicted molar refractivity (Wildman–Crippen MR) is 168 cm³/mol. The van der Waals surface area contributed by atoms with E-state index in [-0.39, 0.29) is 11.8 Å². The van der Waals surface area contributed by atoms with Crippen LogP contribution in [0.15, 0.2) is 105 Å². The van der Waals surface area contributed by atoms with Crippen LogP contribution in [-0.4, -0.2) is 38.4 Å². The van der Waals surface area contributed by atoms with Crippen LogP contribution in [0.2, 0.25) is 0 Å². The standard InChI is InChI=1S/C33H30Br2N2O3/c1-4-37-28-20-30(40-3)29(39-2)19-27(28)31(23-8-6-5-7-9-23)36-32(33(37)38)26(22-12-16-25(35)17-13-22)18-21-10-14-24(34)15-11-21/h5-17,19-20,26,32H,4,18H2,1-3H3. The van der Waals surface area contributed by atoms with Crippen LogP contribution < -0.4 is 14.4 Å². The number of anilines is 1. The van der Waals surface area contributed by atoms with Crippen molar-refractivity contribution in [1.82, 2.24) is 0 Å². The number of hydrogen-bond donors (Lipinski definition) is 0. The van der Waals surface area contributed by atoms with Gasteiger partial charge in [0, 0.05) is 38.6 Å². The smallest absolute Gasteiger partial charge is 0.252 e. The van der Waals surface area contributed by atoms with E-state index in [1.807, 2.05) is 78.6 Å². The summed E-state index contributed by atoms with van der Waals surface area (Å²) in [7, 11) is 3.23. The number of methoxy groups -OCH3 is 2. The molecule has 7 heteroatoms. The zero-order valence-corrected chi connectivity index (χ0v) is 25.8. The van der Waals surface area contributed by atoms with E-state index in [0.717, 1.165) is 42.6 Å². The van der Waals surface area contributed by atoms with Crippen molar-refractivity contribution >= 4 is 49.2 Å². The highest BCUT2D eigenvalue weighted by molar-refractivity contribution is 9.10. The van der Waals surface area contributed by atoms with Crippen molar-refractivity contribution in [2.24, 2.45) is 4.99 Å². The van der Waals surface area contributed by atoms with Gasteiger partial charge in [0.05, 0.1) is 25.6 Å². The highest BCUT2D eigenvalue weighted by Crippen LogP contribution is 2.40. The number of benzene rings is 4. The van der Waals surface area contributed by atoms with Gasteiger partial charge in [0.15, 0.2) is 11.5 Å². The fourth-order valence-electron chi connectivity index (χ4n) is 5.23. The minimum Gasteiger partial charge on any atom is -0.493 e. The summed E-state index contributed by atoms with van der Waals surface area (Å²) in [6.45, 7) is 2.48. The summed E-state index contributed by atoms with van der Waals surface area (Å²) in [5.41, 5.74) is 5.47. The minimum absolute atomic E-state index is 0.0491. The fraction of sp³-hybridized carbons (Fsp3) is 0.212. The van der Waals surface area contributed by atoms with Crippen LogP contribution in [0.5, 0.6) is 11.5 Å². The van der Waals surface area contributed by atoms with Crippen LogP contribution in [0, 0.1) is 0 Å². The first-order chi connectivity index (χ1) is 19.4. The maximum absolute atomic E-state index is 14.5. The van der Waals surface area contributed by atoms with E-state index >= 15 is 0 Å². The summed E-state index contributed by atoms with van der Waals surface area (Å²) in [5.74, 6) is 0.906. The maximum Gasteiger partial charge on any atom is 0.252 e. The zero-order chi connectivity index (χ0) is 28.2. The molecular formula is C33H30Br2N2O3. The molecule has 5 nitrogen and oxygen atoms in total. The summed E-state index contributed by atoms with van der Waals surface area (Å²) < 4.78 is 13.3. The molecule has 0 radical (unpaired) electrons. The van der Waals surface area contributed by atoms with E-state index in [9.17, 15) is 4.79 Å². The van der Waals surface area contributed by atoms with E-state index in [1.54, 1.807) is 14.2 Å². The number of ether oxygens (including phenoxy) is 2. The lowest BCUT2D eigenvalue weighted by atomic mass is 9.85. The van der Waals surface area contributed by atoms with E-state index in [1.165, 1.54) is 0 Å². The fourth-order valence-corrected chi connectivity index (χ4v) is 5.76. The highest BCUT2D eigenvalue weighted by Gasteiger charge is 2.38. The number of rotatable bonds is 8. The first-order valence-corrected chi connectivity index (χ1v) is 14.7. The molecule has 0 fully saturated rings. The molecule has 0 spiro atoms. The molecule has 4 aromatic carbocycles. The van der Waals surface area contributed by atoms with Crippen LogP contribution in [0.1, 0.15) is 35.1 Å². The van der Waals surface area contributed by atoms with Gasteiger partial charge < -0.3 is 14.4 Å². The number of carbonyl (C=O) groups is 1. The minimum atomic E-state index is -0.663. The Morgan fingerprint density at radius 2 is 1.45 bits per heavy atom. The number of hydrogen-bond acceptors (Lipinski definition) is 4. The Hall–Kier alpha value is -3.42. The number of amides is 1. The first kappa shape index (κ1) is 28.1. The summed E-state index contributed by atoms with van der Waals surface area (Å²) in [6, 6.07) is 29.7. The number of aliphatic imine (C=N–C) groups is 1. The molecule has 2 unspecified atom stereocenters. The first-order valence-electron chi connectivity index (χ1n) is 13.1. The Kier molecular flexibility index (Phi) is 8.72. The van der Waals surface area contributed by atoms with Gasteiger partial charge in [-0.25, -0.2) is 0 Å². The van der Waals surface area contributed by atoms with E-state index in [0.29, 0.717) is 24.5 Å². The third kappa shape index (κ3) is 5.72. The van der Waals surface area contributed by atoms with Crippen LogP contribution in [0.4, 0.5) is 5.69 Å². The van der Waals surface area contributed by atoms with Crippen LogP contribution in [-0.2, 0) is 11.2 Å². The van der Waals surface area contributed by atoms with Crippen molar-refractivity contribution in [2.45, 2.75) is 25.3 Å². The molecule has 0 aliphatic carbocycles. The molecule has 0 aromatic heterocycles. The average Bonchev–Trinajstić information content (AvgIpc) is 3.10. The lowest BCUT2D eigenvalue weighted by Gasteiger charge is -2.29. The predicted octanol–water partition coefficient (Wildman–Crippen LogP) is 7.83. The van der Waals surface area contributed by atoms with Gasteiger partial charge in [-0.1, -0.05) is 86.5 Å². The molecule has 40 heavy (non-hydrogen) atoms. The average molecular weight is 662 g/mol. The number of nitrogens with zero attached hydrogens (tertiary/aromatic N) is 2. The summed E-state index contributed by atoms with van der Waals surface area (Å²) in [4.78, 5) is 21.7. The third-order valence-electron chi connectivity index (χ3n) is 7.25. The molecule has 0 saturated carbocycles. The Labute approximate surface area is 252 Å². The van der Waals surface area contributed by atoms with Crippen LogP contribution >= 0.6 is 31.9 Å². The van der Waals surface area contributed by atoms with Gasteiger partial charge >= 0.3 is 0 Å². The lowest BCUT2D eigenvalue weighted by Crippen LogP contribution is -2.41. The molecule has 0 N–H and O–H groups in total. The van der Waals surface area contributed by atoms with Gasteiger partial charge in [0.2, 0.25) is 0 Å². The van der Waals surface area contributed by atoms with E-state index < -0.39 is 6.04 Å². The van der Waals surface area contributed by atoms with Crippen molar-refractivity contribution in [3.05, 3.63) is 122 Å². The second-order valence-electron chi connectivity index (χ2n) is 9.58. The van der Waals surface area contributed by atoms with Gasteiger partial charge in [-0.15, -0.1) is 0 Å². The molecule has 1 heterocycles. The Morgan fingerprint density at radius 1 is 0.850 bits per heavy atom. The largest absolute Gasteiger partial charge is 0.493 e. The summed E-state index contributed by atoms with van der Waals surface area (Å²) in [6.07, 6.45) is 0.650. The lowest BCUT2D eigenvalue weighted by molar-refractivity contribution is -0.120. The Morgan fingerprint density at radius 3 is 2.05 bits per heavy atom. The quantitative estimate of drug-likeness (QED) is 0.193. The molecular weight excluding hydrogens is 632 g/mol. The number of carbonyl (C=O) groups excluding carboxylic acids is 1. The van der Waals surface area contributed by atoms with Crippen molar-refractivity contribution in [2.75, 3.05) is 25.7 Å². The van der Waals surface area contributed by atoms with Gasteiger partial charge in [0.1, 0.15) is 6.04 Å². The van der Waals surface area contributed by atoms with Gasteiger partial charge in [-0.2, -0.15) is 0 Å². The van der Waals surface area contributed by atoms with Gasteiger partial charge in [-0.05, 0) is 54.8 Å². The van der Waals surface area contributed by atoms with Crippen molar-refractivity contribution in [1.29, 1.82) is 0 Å². The number of fused-ring (bicyclic) bond motifs is 1.